The van der Waals surface area contributed by atoms with Gasteiger partial charge in [-0.15, -0.1) is 0 Å². The Hall–Kier alpha value is -2.33. The predicted octanol–water partition coefficient (Wildman–Crippen LogP) is 4.48. The minimum absolute atomic E-state index is 0.110. The molecule has 2 aromatic rings. The lowest BCUT2D eigenvalue weighted by atomic mass is 9.87. The normalized spacial score (nSPS) is 11.6. The molecule has 4 nitrogen and oxygen atoms in total. The summed E-state index contributed by atoms with van der Waals surface area (Å²) in [5, 5.41) is 4.62. The van der Waals surface area contributed by atoms with E-state index in [0.717, 1.165) is 11.1 Å². The summed E-state index contributed by atoms with van der Waals surface area (Å²) in [6.45, 7) is 8.27. The van der Waals surface area contributed by atoms with Crippen LogP contribution in [0.1, 0.15) is 37.5 Å². The van der Waals surface area contributed by atoms with E-state index in [1.165, 1.54) is 5.56 Å². The lowest BCUT2D eigenvalue weighted by Gasteiger charge is -2.18. The summed E-state index contributed by atoms with van der Waals surface area (Å²) >= 11 is 5.95. The summed E-state index contributed by atoms with van der Waals surface area (Å²) in [6, 6.07) is 13.3. The van der Waals surface area contributed by atoms with E-state index < -0.39 is 0 Å². The van der Waals surface area contributed by atoms with Gasteiger partial charge in [-0.1, -0.05) is 56.6 Å². The predicted molar refractivity (Wildman–Crippen MR) is 103 cm³/mol. The monoisotopic (exact) mass is 358 g/mol. The molecule has 25 heavy (non-hydrogen) atoms. The summed E-state index contributed by atoms with van der Waals surface area (Å²) in [4.78, 5) is 11.8. The molecule has 132 valence electrons. The van der Waals surface area contributed by atoms with Gasteiger partial charge in [-0.25, -0.2) is 5.43 Å². The average molecular weight is 359 g/mol. The van der Waals surface area contributed by atoms with E-state index in [2.05, 4.69) is 43.4 Å². The van der Waals surface area contributed by atoms with Gasteiger partial charge in [-0.05, 0) is 47.2 Å². The minimum atomic E-state index is -0.324. The second-order valence-corrected chi connectivity index (χ2v) is 7.27. The van der Waals surface area contributed by atoms with Crippen molar-refractivity contribution < 1.29 is 9.53 Å². The van der Waals surface area contributed by atoms with Crippen molar-refractivity contribution in [1.82, 2.24) is 5.43 Å². The molecule has 0 aliphatic carbocycles. The van der Waals surface area contributed by atoms with Crippen LogP contribution in [0.4, 0.5) is 0 Å². The Morgan fingerprint density at radius 1 is 1.20 bits per heavy atom. The van der Waals surface area contributed by atoms with E-state index in [-0.39, 0.29) is 17.9 Å². The van der Waals surface area contributed by atoms with Crippen LogP contribution in [-0.4, -0.2) is 18.7 Å². The van der Waals surface area contributed by atoms with Crippen LogP contribution >= 0.6 is 11.6 Å². The van der Waals surface area contributed by atoms with Crippen molar-refractivity contribution in [2.75, 3.05) is 6.61 Å². The molecule has 0 aliphatic rings. The maximum atomic E-state index is 11.8. The first kappa shape index (κ1) is 19.0. The first-order chi connectivity index (χ1) is 11.8. The van der Waals surface area contributed by atoms with Crippen LogP contribution in [0.25, 0.3) is 0 Å². The van der Waals surface area contributed by atoms with E-state index >= 15 is 0 Å². The van der Waals surface area contributed by atoms with Crippen molar-refractivity contribution in [1.29, 1.82) is 0 Å². The molecule has 0 aliphatic heterocycles. The molecule has 2 rings (SSSR count). The Kier molecular flexibility index (Phi) is 6.21. The number of rotatable bonds is 5. The zero-order chi connectivity index (χ0) is 18.4. The molecule has 1 amide bonds. The van der Waals surface area contributed by atoms with E-state index in [9.17, 15) is 4.79 Å². The van der Waals surface area contributed by atoms with E-state index in [1.54, 1.807) is 24.4 Å². The zero-order valence-corrected chi connectivity index (χ0v) is 15.7. The highest BCUT2D eigenvalue weighted by Crippen LogP contribution is 2.22. The molecule has 0 atom stereocenters. The van der Waals surface area contributed by atoms with Crippen LogP contribution in [0.5, 0.6) is 5.75 Å². The highest BCUT2D eigenvalue weighted by atomic mass is 35.5. The van der Waals surface area contributed by atoms with Crippen molar-refractivity contribution in [2.45, 2.75) is 33.1 Å². The van der Waals surface area contributed by atoms with Gasteiger partial charge in [0, 0.05) is 5.02 Å². The Morgan fingerprint density at radius 2 is 1.88 bits per heavy atom. The molecule has 0 heterocycles. The quantitative estimate of drug-likeness (QED) is 0.633. The molecule has 0 bridgehead atoms. The molecule has 5 heteroatoms. The lowest BCUT2D eigenvalue weighted by molar-refractivity contribution is -0.123. The van der Waals surface area contributed by atoms with Gasteiger partial charge in [0.1, 0.15) is 5.75 Å². The number of hydrogen-bond acceptors (Lipinski definition) is 3. The van der Waals surface area contributed by atoms with Crippen LogP contribution < -0.4 is 10.2 Å². The van der Waals surface area contributed by atoms with Crippen LogP contribution in [0, 0.1) is 6.92 Å². The van der Waals surface area contributed by atoms with Gasteiger partial charge < -0.3 is 4.74 Å². The molecular formula is C20H23ClN2O2. The molecule has 0 aromatic heterocycles. The van der Waals surface area contributed by atoms with Gasteiger partial charge in [-0.3, -0.25) is 4.79 Å². The van der Waals surface area contributed by atoms with Gasteiger partial charge in [0.2, 0.25) is 0 Å². The molecule has 0 saturated carbocycles. The zero-order valence-electron chi connectivity index (χ0n) is 15.0. The van der Waals surface area contributed by atoms with Crippen LogP contribution in [0.2, 0.25) is 5.02 Å². The fraction of sp³-hybridized carbons (Fsp3) is 0.300. The number of hydrogen-bond donors (Lipinski definition) is 1. The Bertz CT molecular complexity index is 762. The second kappa shape index (κ2) is 8.17. The number of amides is 1. The SMILES string of the molecule is Cc1cc(OCC(=O)NN=Cc2ccc(C(C)(C)C)cc2)ccc1Cl. The first-order valence-electron chi connectivity index (χ1n) is 8.07. The Labute approximate surface area is 153 Å². The van der Waals surface area contributed by atoms with Crippen LogP contribution in [0.3, 0.4) is 0 Å². The number of benzene rings is 2. The van der Waals surface area contributed by atoms with Crippen molar-refractivity contribution >= 4 is 23.7 Å². The van der Waals surface area contributed by atoms with Gasteiger partial charge in [0.15, 0.2) is 6.61 Å². The third-order valence-electron chi connectivity index (χ3n) is 3.68. The fourth-order valence-corrected chi connectivity index (χ4v) is 2.25. The van der Waals surface area contributed by atoms with Gasteiger partial charge >= 0.3 is 0 Å². The second-order valence-electron chi connectivity index (χ2n) is 6.86. The number of hydrazone groups is 1. The third kappa shape index (κ3) is 5.91. The summed E-state index contributed by atoms with van der Waals surface area (Å²) < 4.78 is 5.41. The smallest absolute Gasteiger partial charge is 0.277 e. The molecule has 0 spiro atoms. The fourth-order valence-electron chi connectivity index (χ4n) is 2.14. The summed E-state index contributed by atoms with van der Waals surface area (Å²) in [6.07, 6.45) is 1.61. The molecule has 0 unspecified atom stereocenters. The molecule has 2 aromatic carbocycles. The van der Waals surface area contributed by atoms with E-state index in [1.807, 2.05) is 19.1 Å². The maximum absolute atomic E-state index is 11.8. The maximum Gasteiger partial charge on any atom is 0.277 e. The van der Waals surface area contributed by atoms with Crippen molar-refractivity contribution in [3.63, 3.8) is 0 Å². The number of aryl methyl sites for hydroxylation is 1. The van der Waals surface area contributed by atoms with Crippen LogP contribution in [-0.2, 0) is 10.2 Å². The topological polar surface area (TPSA) is 50.7 Å². The van der Waals surface area contributed by atoms with Crippen molar-refractivity contribution in [3.05, 3.63) is 64.2 Å². The van der Waals surface area contributed by atoms with E-state index in [4.69, 9.17) is 16.3 Å². The highest BCUT2D eigenvalue weighted by molar-refractivity contribution is 6.31. The van der Waals surface area contributed by atoms with Gasteiger partial charge in [0.25, 0.3) is 5.91 Å². The van der Waals surface area contributed by atoms with Crippen molar-refractivity contribution in [2.24, 2.45) is 5.10 Å². The van der Waals surface area contributed by atoms with Crippen LogP contribution in [0.15, 0.2) is 47.6 Å². The third-order valence-corrected chi connectivity index (χ3v) is 4.10. The first-order valence-corrected chi connectivity index (χ1v) is 8.45. The summed E-state index contributed by atoms with van der Waals surface area (Å²) in [5.41, 5.74) is 5.63. The highest BCUT2D eigenvalue weighted by Gasteiger charge is 2.12. The molecule has 1 N–H and O–H groups in total. The lowest BCUT2D eigenvalue weighted by Crippen LogP contribution is -2.24. The van der Waals surface area contributed by atoms with E-state index in [0.29, 0.717) is 10.8 Å². The summed E-state index contributed by atoms with van der Waals surface area (Å²) in [5.74, 6) is 0.272. The minimum Gasteiger partial charge on any atom is -0.484 e. The van der Waals surface area contributed by atoms with Crippen molar-refractivity contribution in [3.8, 4) is 5.75 Å². The molecule has 0 fully saturated rings. The average Bonchev–Trinajstić information content (AvgIpc) is 2.55. The standard InChI is InChI=1S/C20H23ClN2O2/c1-14-11-17(9-10-18(14)21)25-13-19(24)23-22-12-15-5-7-16(8-6-15)20(2,3)4/h5-12H,13H2,1-4H3,(H,23,24). The molecular weight excluding hydrogens is 336 g/mol. The Morgan fingerprint density at radius 3 is 2.48 bits per heavy atom. The molecule has 0 radical (unpaired) electrons. The largest absolute Gasteiger partial charge is 0.484 e. The number of nitrogens with zero attached hydrogens (tertiary/aromatic N) is 1. The number of carbonyl (C=O) groups is 1. The number of halogens is 1. The van der Waals surface area contributed by atoms with Gasteiger partial charge in [-0.2, -0.15) is 5.10 Å². The number of ether oxygens (including phenoxy) is 1. The van der Waals surface area contributed by atoms with Gasteiger partial charge in [0.05, 0.1) is 6.21 Å². The number of carbonyl (C=O) groups excluding carboxylic acids is 1. The molecule has 0 saturated heterocycles. The summed E-state index contributed by atoms with van der Waals surface area (Å²) in [7, 11) is 0. The number of nitrogens with one attached hydrogen (secondary N) is 1. The Balaban J connectivity index is 1.83.